The Kier molecular flexibility index (Phi) is 6.32. The summed E-state index contributed by atoms with van der Waals surface area (Å²) >= 11 is 3.98. The van der Waals surface area contributed by atoms with Crippen LogP contribution in [-0.2, 0) is 0 Å². The summed E-state index contributed by atoms with van der Waals surface area (Å²) in [6, 6.07) is 16.0. The van der Waals surface area contributed by atoms with Crippen LogP contribution >= 0.6 is 23.5 Å². The smallest absolute Gasteiger partial charge is 0.255 e. The first kappa shape index (κ1) is 18.2. The Morgan fingerprint density at radius 3 is 2.56 bits per heavy atom. The molecule has 25 heavy (non-hydrogen) atoms. The highest BCUT2D eigenvalue weighted by Crippen LogP contribution is 2.44. The third-order valence-corrected chi connectivity index (χ3v) is 7.30. The van der Waals surface area contributed by atoms with Gasteiger partial charge in [-0.3, -0.25) is 4.79 Å². The minimum absolute atomic E-state index is 0.0631. The Hall–Kier alpha value is -1.59. The molecular weight excluding hydrogens is 348 g/mol. The van der Waals surface area contributed by atoms with Gasteiger partial charge in [-0.25, -0.2) is 0 Å². The van der Waals surface area contributed by atoms with Crippen molar-refractivity contribution in [2.45, 2.75) is 17.9 Å². The number of carbonyl (C=O) groups excluding carboxylic acids is 1. The quantitative estimate of drug-likeness (QED) is 0.775. The summed E-state index contributed by atoms with van der Waals surface area (Å²) in [4.78, 5) is 14.7. The van der Waals surface area contributed by atoms with Gasteiger partial charge in [-0.1, -0.05) is 12.1 Å². The van der Waals surface area contributed by atoms with Gasteiger partial charge < -0.3 is 10.2 Å². The molecule has 1 aliphatic rings. The molecule has 2 aromatic carbocycles. The molecule has 0 aliphatic carbocycles. The van der Waals surface area contributed by atoms with Gasteiger partial charge in [0.25, 0.3) is 5.91 Å². The lowest BCUT2D eigenvalue weighted by molar-refractivity contribution is 0.102. The number of anilines is 2. The monoisotopic (exact) mass is 372 g/mol. The molecule has 1 N–H and O–H groups in total. The van der Waals surface area contributed by atoms with Crippen LogP contribution < -0.4 is 10.2 Å². The molecule has 0 bridgehead atoms. The van der Waals surface area contributed by atoms with E-state index in [0.717, 1.165) is 17.9 Å². The van der Waals surface area contributed by atoms with Crippen molar-refractivity contribution >= 4 is 40.8 Å². The van der Waals surface area contributed by atoms with Crippen LogP contribution in [0, 0.1) is 0 Å². The number of benzene rings is 2. The summed E-state index contributed by atoms with van der Waals surface area (Å²) in [5.74, 6) is 2.37. The normalized spacial score (nSPS) is 15.0. The lowest BCUT2D eigenvalue weighted by Gasteiger charge is -2.21. The van der Waals surface area contributed by atoms with Crippen LogP contribution in [0.15, 0.2) is 48.5 Å². The number of rotatable bonds is 5. The number of hydrogen-bond donors (Lipinski definition) is 1. The number of thioether (sulfide) groups is 2. The maximum atomic E-state index is 12.5. The fraction of sp³-hybridized carbons (Fsp3) is 0.350. The highest BCUT2D eigenvalue weighted by Gasteiger charge is 2.17. The summed E-state index contributed by atoms with van der Waals surface area (Å²) in [5.41, 5.74) is 3.95. The van der Waals surface area contributed by atoms with Crippen LogP contribution in [0.5, 0.6) is 0 Å². The molecule has 1 fully saturated rings. The lowest BCUT2D eigenvalue weighted by Crippen LogP contribution is -2.16. The van der Waals surface area contributed by atoms with Gasteiger partial charge in [0, 0.05) is 30.5 Å². The van der Waals surface area contributed by atoms with Gasteiger partial charge >= 0.3 is 0 Å². The summed E-state index contributed by atoms with van der Waals surface area (Å²) < 4.78 is 0.481. The van der Waals surface area contributed by atoms with Crippen molar-refractivity contribution in [2.24, 2.45) is 0 Å². The Morgan fingerprint density at radius 2 is 1.88 bits per heavy atom. The van der Waals surface area contributed by atoms with Gasteiger partial charge in [0.05, 0.1) is 4.58 Å². The first-order valence-corrected chi connectivity index (χ1v) is 10.7. The molecule has 1 aliphatic heterocycles. The molecule has 0 spiro atoms. The molecule has 3 rings (SSSR count). The zero-order chi connectivity index (χ0) is 17.6. The van der Waals surface area contributed by atoms with Gasteiger partial charge in [0.2, 0.25) is 0 Å². The van der Waals surface area contributed by atoms with Gasteiger partial charge in [0.15, 0.2) is 0 Å². The van der Waals surface area contributed by atoms with Crippen molar-refractivity contribution in [1.29, 1.82) is 0 Å². The molecule has 0 saturated carbocycles. The van der Waals surface area contributed by atoms with Gasteiger partial charge in [0.1, 0.15) is 0 Å². The van der Waals surface area contributed by atoms with Gasteiger partial charge in [-0.2, -0.15) is 0 Å². The van der Waals surface area contributed by atoms with Crippen LogP contribution in [-0.4, -0.2) is 31.0 Å². The third-order valence-electron chi connectivity index (χ3n) is 4.29. The van der Waals surface area contributed by atoms with E-state index >= 15 is 0 Å². The SMILES string of the molecule is CCN(C)c1ccc(C(=O)Nc2cccc(C3SCCCS3)c2)cc1. The van der Waals surface area contributed by atoms with Crippen molar-refractivity contribution < 1.29 is 4.79 Å². The summed E-state index contributed by atoms with van der Waals surface area (Å²) in [5, 5.41) is 3.03. The number of nitrogens with zero attached hydrogens (tertiary/aromatic N) is 1. The van der Waals surface area contributed by atoms with Crippen molar-refractivity contribution in [3.63, 3.8) is 0 Å². The predicted octanol–water partition coefficient (Wildman–Crippen LogP) is 5.26. The summed E-state index contributed by atoms with van der Waals surface area (Å²) in [7, 11) is 2.04. The van der Waals surface area contributed by atoms with Crippen LogP contribution in [0.1, 0.15) is 33.8 Å². The molecule has 1 saturated heterocycles. The number of nitrogens with one attached hydrogen (secondary N) is 1. The molecule has 3 nitrogen and oxygen atoms in total. The lowest BCUT2D eigenvalue weighted by atomic mass is 10.1. The minimum atomic E-state index is -0.0631. The van der Waals surface area contributed by atoms with Crippen molar-refractivity contribution in [1.82, 2.24) is 0 Å². The van der Waals surface area contributed by atoms with E-state index in [0.29, 0.717) is 10.1 Å². The molecular formula is C20H24N2OS2. The van der Waals surface area contributed by atoms with Crippen molar-refractivity contribution in [3.8, 4) is 0 Å². The highest BCUT2D eigenvalue weighted by molar-refractivity contribution is 8.16. The zero-order valence-electron chi connectivity index (χ0n) is 14.7. The summed E-state index contributed by atoms with van der Waals surface area (Å²) in [6.45, 7) is 3.05. The molecule has 0 aromatic heterocycles. The van der Waals surface area contributed by atoms with E-state index in [2.05, 4.69) is 29.3 Å². The molecule has 132 valence electrons. The summed E-state index contributed by atoms with van der Waals surface area (Å²) in [6.07, 6.45) is 1.28. The van der Waals surface area contributed by atoms with Crippen LogP contribution in [0.3, 0.4) is 0 Å². The molecule has 1 amide bonds. The minimum Gasteiger partial charge on any atom is -0.375 e. The fourth-order valence-electron chi connectivity index (χ4n) is 2.70. The second kappa shape index (κ2) is 8.68. The van der Waals surface area contributed by atoms with Crippen molar-refractivity contribution in [3.05, 3.63) is 59.7 Å². The first-order chi connectivity index (χ1) is 12.2. The second-order valence-electron chi connectivity index (χ2n) is 6.07. The standard InChI is InChI=1S/C20H24N2OS2/c1-3-22(2)18-10-8-15(9-11-18)19(23)21-17-7-4-6-16(14-17)20-24-12-5-13-25-20/h4,6-11,14,20H,3,5,12-13H2,1-2H3,(H,21,23). The van der Waals surface area contributed by atoms with E-state index in [1.54, 1.807) is 0 Å². The maximum absolute atomic E-state index is 12.5. The fourth-order valence-corrected chi connectivity index (χ4v) is 5.57. The molecule has 5 heteroatoms. The number of amides is 1. The molecule has 1 heterocycles. The van der Waals surface area contributed by atoms with E-state index in [1.165, 1.54) is 23.5 Å². The number of carbonyl (C=O) groups is 1. The molecule has 0 unspecified atom stereocenters. The molecule has 2 aromatic rings. The van der Waals surface area contributed by atoms with Crippen LogP contribution in [0.2, 0.25) is 0 Å². The van der Waals surface area contributed by atoms with Crippen LogP contribution in [0.4, 0.5) is 11.4 Å². The predicted molar refractivity (Wildman–Crippen MR) is 112 cm³/mol. The maximum Gasteiger partial charge on any atom is 0.255 e. The van der Waals surface area contributed by atoms with Gasteiger partial charge in [-0.15, -0.1) is 23.5 Å². The Balaban J connectivity index is 1.68. The van der Waals surface area contributed by atoms with E-state index in [-0.39, 0.29) is 5.91 Å². The van der Waals surface area contributed by atoms with Crippen LogP contribution in [0.25, 0.3) is 0 Å². The largest absolute Gasteiger partial charge is 0.375 e. The third kappa shape index (κ3) is 4.73. The van der Waals surface area contributed by atoms with E-state index in [4.69, 9.17) is 0 Å². The Labute approximate surface area is 158 Å². The Morgan fingerprint density at radius 1 is 1.16 bits per heavy atom. The first-order valence-electron chi connectivity index (χ1n) is 8.63. The van der Waals surface area contributed by atoms with Crippen molar-refractivity contribution in [2.75, 3.05) is 35.3 Å². The topological polar surface area (TPSA) is 32.3 Å². The second-order valence-corrected chi connectivity index (χ2v) is 8.79. The molecule has 0 atom stereocenters. The van der Waals surface area contributed by atoms with Gasteiger partial charge in [-0.05, 0) is 66.8 Å². The average Bonchev–Trinajstić information content (AvgIpc) is 2.68. The van der Waals surface area contributed by atoms with E-state index < -0.39 is 0 Å². The zero-order valence-corrected chi connectivity index (χ0v) is 16.3. The van der Waals surface area contributed by atoms with E-state index in [1.807, 2.05) is 67.0 Å². The average molecular weight is 373 g/mol. The highest BCUT2D eigenvalue weighted by atomic mass is 32.2. The van der Waals surface area contributed by atoms with E-state index in [9.17, 15) is 4.79 Å². The molecule has 0 radical (unpaired) electrons. The Bertz CT molecular complexity index is 712. The number of hydrogen-bond acceptors (Lipinski definition) is 4.